The maximum absolute atomic E-state index is 12.8. The van der Waals surface area contributed by atoms with E-state index in [2.05, 4.69) is 25.7 Å². The molecule has 0 saturated heterocycles. The Morgan fingerprint density at radius 2 is 2.07 bits per heavy atom. The van der Waals surface area contributed by atoms with Gasteiger partial charge in [-0.1, -0.05) is 0 Å². The first-order valence-electron chi connectivity index (χ1n) is 3.35. The fourth-order valence-electron chi connectivity index (χ4n) is 0.718. The van der Waals surface area contributed by atoms with Gasteiger partial charge in [0.25, 0.3) is 0 Å². The van der Waals surface area contributed by atoms with E-state index in [1.54, 1.807) is 0 Å². The lowest BCUT2D eigenvalue weighted by Crippen LogP contribution is -2.19. The number of aromatic nitrogens is 1. The van der Waals surface area contributed by atoms with Crippen molar-refractivity contribution >= 4 is 15.9 Å². The molecule has 3 nitrogen and oxygen atoms in total. The highest BCUT2D eigenvalue weighted by Gasteiger charge is 2.33. The zero-order valence-electron chi connectivity index (χ0n) is 6.77. The second kappa shape index (κ2) is 4.02. The molecule has 1 heterocycles. The van der Waals surface area contributed by atoms with Gasteiger partial charge in [-0.3, -0.25) is 0 Å². The number of pyridine rings is 1. The Morgan fingerprint density at radius 3 is 2.53 bits per heavy atom. The first kappa shape index (κ1) is 11.7. The van der Waals surface area contributed by atoms with Gasteiger partial charge in [0, 0.05) is 0 Å². The van der Waals surface area contributed by atoms with Crippen LogP contribution < -0.4 is 4.74 Å². The van der Waals surface area contributed by atoms with Crippen molar-refractivity contribution in [2.45, 2.75) is 6.36 Å². The fraction of sp³-hybridized carbons (Fsp3) is 0.143. The average Bonchev–Trinajstić information content (AvgIpc) is 2.08. The number of alkyl halides is 3. The fourth-order valence-corrected chi connectivity index (χ4v) is 0.994. The molecule has 80 valence electrons. The summed E-state index contributed by atoms with van der Waals surface area (Å²) >= 11 is 2.57. The maximum atomic E-state index is 12.8. The van der Waals surface area contributed by atoms with E-state index in [-0.39, 0.29) is 0 Å². The van der Waals surface area contributed by atoms with Crippen molar-refractivity contribution in [3.63, 3.8) is 0 Å². The lowest BCUT2D eigenvalue weighted by molar-refractivity contribution is -0.276. The van der Waals surface area contributed by atoms with Gasteiger partial charge in [-0.25, -0.2) is 9.37 Å². The number of hydrogen-bond donors (Lipinski definition) is 0. The van der Waals surface area contributed by atoms with Crippen LogP contribution in [-0.4, -0.2) is 11.3 Å². The molecule has 15 heavy (non-hydrogen) atoms. The van der Waals surface area contributed by atoms with E-state index in [0.717, 1.165) is 0 Å². The van der Waals surface area contributed by atoms with Crippen LogP contribution in [0, 0.1) is 17.1 Å². The van der Waals surface area contributed by atoms with Crippen molar-refractivity contribution in [3.05, 3.63) is 22.1 Å². The first-order chi connectivity index (χ1) is 6.83. The van der Waals surface area contributed by atoms with Crippen LogP contribution >= 0.6 is 15.9 Å². The molecule has 0 aliphatic carbocycles. The zero-order chi connectivity index (χ0) is 11.6. The van der Waals surface area contributed by atoms with E-state index < -0.39 is 28.2 Å². The molecule has 0 amide bonds. The molecule has 0 fully saturated rings. The number of rotatable bonds is 1. The Bertz CT molecular complexity index is 426. The van der Waals surface area contributed by atoms with Crippen LogP contribution in [0.2, 0.25) is 0 Å². The Balaban J connectivity index is 3.18. The first-order valence-corrected chi connectivity index (χ1v) is 4.14. The third-order valence-corrected chi connectivity index (χ3v) is 1.79. The van der Waals surface area contributed by atoms with Gasteiger partial charge in [-0.15, -0.1) is 13.2 Å². The van der Waals surface area contributed by atoms with E-state index in [1.165, 1.54) is 6.07 Å². The molecule has 0 N–H and O–H groups in total. The Kier molecular flexibility index (Phi) is 3.14. The van der Waals surface area contributed by atoms with Gasteiger partial charge in [0.05, 0.1) is 0 Å². The monoisotopic (exact) mass is 284 g/mol. The third kappa shape index (κ3) is 3.06. The minimum absolute atomic E-state index is 0.458. The molecule has 0 aromatic carbocycles. The second-order valence-corrected chi connectivity index (χ2v) is 3.02. The van der Waals surface area contributed by atoms with Crippen LogP contribution in [0.1, 0.15) is 5.56 Å². The van der Waals surface area contributed by atoms with Gasteiger partial charge >= 0.3 is 6.36 Å². The Morgan fingerprint density at radius 1 is 1.47 bits per heavy atom. The quantitative estimate of drug-likeness (QED) is 0.588. The topological polar surface area (TPSA) is 45.9 Å². The Hall–Kier alpha value is -1.36. The minimum atomic E-state index is -4.98. The molecule has 0 saturated carbocycles. The second-order valence-electron chi connectivity index (χ2n) is 2.27. The number of nitriles is 1. The summed E-state index contributed by atoms with van der Waals surface area (Å²) in [5.74, 6) is -1.93. The predicted molar refractivity (Wildman–Crippen MR) is 43.3 cm³/mol. The van der Waals surface area contributed by atoms with E-state index in [0.29, 0.717) is 6.07 Å². The standard InChI is InChI=1S/C7HBrF4N2O/c8-5-4(9)1-3(2-13)6(14-5)15-7(10,11)12/h1H. The number of ether oxygens (including phenoxy) is 1. The van der Waals surface area contributed by atoms with Crippen molar-refractivity contribution < 1.29 is 22.3 Å². The molecule has 0 aliphatic heterocycles. The van der Waals surface area contributed by atoms with Crippen molar-refractivity contribution in [3.8, 4) is 11.9 Å². The molecule has 0 atom stereocenters. The van der Waals surface area contributed by atoms with E-state index in [4.69, 9.17) is 5.26 Å². The highest BCUT2D eigenvalue weighted by Crippen LogP contribution is 2.27. The van der Waals surface area contributed by atoms with Crippen molar-refractivity contribution in [1.29, 1.82) is 5.26 Å². The number of hydrogen-bond acceptors (Lipinski definition) is 3. The Labute approximate surface area is 89.4 Å². The SMILES string of the molecule is N#Cc1cc(F)c(Br)nc1OC(F)(F)F. The van der Waals surface area contributed by atoms with Gasteiger partial charge in [0.1, 0.15) is 16.2 Å². The number of nitrogens with zero attached hydrogens (tertiary/aromatic N) is 2. The molecule has 0 unspecified atom stereocenters. The zero-order valence-corrected chi connectivity index (χ0v) is 8.36. The highest BCUT2D eigenvalue weighted by molar-refractivity contribution is 9.10. The molecule has 1 rings (SSSR count). The summed E-state index contributed by atoms with van der Waals surface area (Å²) in [6.07, 6.45) is -4.98. The normalized spacial score (nSPS) is 10.9. The molecular formula is C7HBrF4N2O. The van der Waals surface area contributed by atoms with Crippen LogP contribution in [0.25, 0.3) is 0 Å². The van der Waals surface area contributed by atoms with Crippen LogP contribution in [0.4, 0.5) is 17.6 Å². The van der Waals surface area contributed by atoms with Gasteiger partial charge in [-0.2, -0.15) is 5.26 Å². The van der Waals surface area contributed by atoms with Crippen LogP contribution in [0.15, 0.2) is 10.7 Å². The van der Waals surface area contributed by atoms with Crippen LogP contribution in [0.3, 0.4) is 0 Å². The van der Waals surface area contributed by atoms with Gasteiger partial charge < -0.3 is 4.74 Å². The molecule has 0 spiro atoms. The van der Waals surface area contributed by atoms with E-state index in [1.807, 2.05) is 0 Å². The molecule has 0 aliphatic rings. The predicted octanol–water partition coefficient (Wildman–Crippen LogP) is 2.75. The summed E-state index contributed by atoms with van der Waals surface area (Å²) in [7, 11) is 0. The van der Waals surface area contributed by atoms with E-state index in [9.17, 15) is 17.6 Å². The van der Waals surface area contributed by atoms with Crippen LogP contribution in [0.5, 0.6) is 5.88 Å². The lowest BCUT2D eigenvalue weighted by Gasteiger charge is -2.09. The molecule has 8 heteroatoms. The highest BCUT2D eigenvalue weighted by atomic mass is 79.9. The minimum Gasteiger partial charge on any atom is -0.386 e. The molecule has 1 aromatic rings. The smallest absolute Gasteiger partial charge is 0.386 e. The summed E-state index contributed by atoms with van der Waals surface area (Å²) in [6.45, 7) is 0. The average molecular weight is 285 g/mol. The number of halogens is 5. The van der Waals surface area contributed by atoms with Gasteiger partial charge in [-0.05, 0) is 22.0 Å². The van der Waals surface area contributed by atoms with E-state index >= 15 is 0 Å². The molecule has 0 radical (unpaired) electrons. The maximum Gasteiger partial charge on any atom is 0.574 e. The van der Waals surface area contributed by atoms with Gasteiger partial charge in [0.15, 0.2) is 5.82 Å². The molecule has 1 aromatic heterocycles. The summed E-state index contributed by atoms with van der Waals surface area (Å²) in [4.78, 5) is 3.11. The summed E-state index contributed by atoms with van der Waals surface area (Å²) in [5, 5.41) is 8.41. The third-order valence-electron chi connectivity index (χ3n) is 1.23. The van der Waals surface area contributed by atoms with Gasteiger partial charge in [0.2, 0.25) is 5.88 Å². The van der Waals surface area contributed by atoms with Crippen molar-refractivity contribution in [1.82, 2.24) is 4.98 Å². The van der Waals surface area contributed by atoms with Crippen molar-refractivity contribution in [2.75, 3.05) is 0 Å². The van der Waals surface area contributed by atoms with Crippen LogP contribution in [-0.2, 0) is 0 Å². The summed E-state index contributed by atoms with van der Waals surface area (Å²) < 4.78 is 51.2. The lowest BCUT2D eigenvalue weighted by atomic mass is 10.3. The van der Waals surface area contributed by atoms with Crippen molar-refractivity contribution in [2.24, 2.45) is 0 Å². The summed E-state index contributed by atoms with van der Waals surface area (Å²) in [5.41, 5.74) is -0.631. The molecule has 0 bridgehead atoms. The largest absolute Gasteiger partial charge is 0.574 e. The summed E-state index contributed by atoms with van der Waals surface area (Å²) in [6, 6.07) is 1.93. The molecular weight excluding hydrogens is 284 g/mol.